The fourth-order valence-corrected chi connectivity index (χ4v) is 1.58. The predicted molar refractivity (Wildman–Crippen MR) is 67.8 cm³/mol. The van der Waals surface area contributed by atoms with E-state index in [-0.39, 0.29) is 18.1 Å². The molecule has 0 bridgehead atoms. The number of aromatic nitrogens is 3. The number of carbonyl (C=O) groups excluding carboxylic acids is 1. The summed E-state index contributed by atoms with van der Waals surface area (Å²) in [5.41, 5.74) is 0.126. The van der Waals surface area contributed by atoms with E-state index >= 15 is 0 Å². The molecule has 19 heavy (non-hydrogen) atoms. The molecule has 8 heteroatoms. The van der Waals surface area contributed by atoms with Gasteiger partial charge in [-0.25, -0.2) is 4.68 Å². The van der Waals surface area contributed by atoms with Crippen molar-refractivity contribution in [3.8, 4) is 0 Å². The van der Waals surface area contributed by atoms with Crippen LogP contribution in [0.1, 0.15) is 24.3 Å². The Morgan fingerprint density at radius 2 is 2.11 bits per heavy atom. The Morgan fingerprint density at radius 1 is 1.42 bits per heavy atom. The van der Waals surface area contributed by atoms with Crippen molar-refractivity contribution in [2.75, 3.05) is 26.2 Å². The number of carbonyl (C=O) groups is 2. The molecule has 1 aromatic rings. The van der Waals surface area contributed by atoms with Crippen molar-refractivity contribution in [2.45, 2.75) is 20.4 Å². The normalized spacial score (nSPS) is 10.7. The molecule has 1 amide bonds. The zero-order chi connectivity index (χ0) is 14.3. The van der Waals surface area contributed by atoms with Crippen molar-refractivity contribution in [1.82, 2.24) is 25.2 Å². The summed E-state index contributed by atoms with van der Waals surface area (Å²) in [6, 6.07) is 0. The molecule has 8 nitrogen and oxygen atoms in total. The first-order valence-electron chi connectivity index (χ1n) is 6.19. The van der Waals surface area contributed by atoms with E-state index in [0.29, 0.717) is 6.54 Å². The van der Waals surface area contributed by atoms with Gasteiger partial charge in [-0.05, 0) is 13.1 Å². The number of carboxylic acid groups (broad SMARTS) is 1. The van der Waals surface area contributed by atoms with Crippen molar-refractivity contribution in [3.63, 3.8) is 0 Å². The lowest BCUT2D eigenvalue weighted by molar-refractivity contribution is -0.137. The standard InChI is InChI=1S/C11H19N5O3/c1-3-15(4-2)6-5-12-11(19)9-7-16(14-13-9)8-10(17)18/h7H,3-6,8H2,1-2H3,(H,12,19)(H,17,18). The summed E-state index contributed by atoms with van der Waals surface area (Å²) in [7, 11) is 0. The molecule has 0 atom stereocenters. The first kappa shape index (κ1) is 15.1. The van der Waals surface area contributed by atoms with E-state index in [2.05, 4.69) is 34.4 Å². The summed E-state index contributed by atoms with van der Waals surface area (Å²) in [6.45, 7) is 6.96. The summed E-state index contributed by atoms with van der Waals surface area (Å²) in [4.78, 5) is 24.4. The van der Waals surface area contributed by atoms with Gasteiger partial charge in [0, 0.05) is 13.1 Å². The summed E-state index contributed by atoms with van der Waals surface area (Å²) < 4.78 is 1.11. The molecule has 0 spiro atoms. The minimum absolute atomic E-state index is 0.126. The van der Waals surface area contributed by atoms with Crippen molar-refractivity contribution in [1.29, 1.82) is 0 Å². The van der Waals surface area contributed by atoms with E-state index in [4.69, 9.17) is 5.11 Å². The molecule has 0 aliphatic rings. The molecule has 0 saturated heterocycles. The van der Waals surface area contributed by atoms with Gasteiger partial charge in [-0.2, -0.15) is 0 Å². The van der Waals surface area contributed by atoms with Gasteiger partial charge in [0.05, 0.1) is 6.20 Å². The third-order valence-corrected chi connectivity index (χ3v) is 2.68. The van der Waals surface area contributed by atoms with Gasteiger partial charge in [0.25, 0.3) is 5.91 Å². The summed E-state index contributed by atoms with van der Waals surface area (Å²) >= 11 is 0. The molecule has 0 aliphatic carbocycles. The maximum absolute atomic E-state index is 11.7. The molecule has 0 fully saturated rings. The van der Waals surface area contributed by atoms with Crippen molar-refractivity contribution >= 4 is 11.9 Å². The average molecular weight is 269 g/mol. The van der Waals surface area contributed by atoms with E-state index in [9.17, 15) is 9.59 Å². The third-order valence-electron chi connectivity index (χ3n) is 2.68. The van der Waals surface area contributed by atoms with E-state index < -0.39 is 5.97 Å². The molecule has 0 saturated carbocycles. The number of carboxylic acids is 1. The Morgan fingerprint density at radius 3 is 2.68 bits per heavy atom. The van der Waals surface area contributed by atoms with Gasteiger partial charge in [-0.3, -0.25) is 9.59 Å². The molecule has 1 rings (SSSR count). The van der Waals surface area contributed by atoms with E-state index in [1.165, 1.54) is 6.20 Å². The zero-order valence-corrected chi connectivity index (χ0v) is 11.2. The Bertz CT molecular complexity index is 428. The molecule has 106 valence electrons. The molecular formula is C11H19N5O3. The lowest BCUT2D eigenvalue weighted by atomic mass is 10.4. The average Bonchev–Trinajstić information content (AvgIpc) is 2.82. The SMILES string of the molecule is CCN(CC)CCNC(=O)c1cn(CC(=O)O)nn1. The molecule has 1 heterocycles. The lowest BCUT2D eigenvalue weighted by Crippen LogP contribution is -2.34. The monoisotopic (exact) mass is 269 g/mol. The number of nitrogens with one attached hydrogen (secondary N) is 1. The van der Waals surface area contributed by atoms with Gasteiger partial charge in [-0.15, -0.1) is 5.10 Å². The highest BCUT2D eigenvalue weighted by Gasteiger charge is 2.11. The number of hydrogen-bond acceptors (Lipinski definition) is 5. The second-order valence-electron chi connectivity index (χ2n) is 3.98. The summed E-state index contributed by atoms with van der Waals surface area (Å²) in [5.74, 6) is -1.37. The van der Waals surface area contributed by atoms with Crippen LogP contribution in [0, 0.1) is 0 Å². The second-order valence-corrected chi connectivity index (χ2v) is 3.98. The minimum Gasteiger partial charge on any atom is -0.480 e. The van der Waals surface area contributed by atoms with Crippen molar-refractivity contribution in [2.24, 2.45) is 0 Å². The highest BCUT2D eigenvalue weighted by Crippen LogP contribution is 1.93. The smallest absolute Gasteiger partial charge is 0.325 e. The molecule has 1 aromatic heterocycles. The van der Waals surface area contributed by atoms with Crippen LogP contribution < -0.4 is 5.32 Å². The van der Waals surface area contributed by atoms with Crippen LogP contribution in [0.4, 0.5) is 0 Å². The lowest BCUT2D eigenvalue weighted by Gasteiger charge is -2.17. The van der Waals surface area contributed by atoms with Crippen LogP contribution in [0.15, 0.2) is 6.20 Å². The first-order valence-corrected chi connectivity index (χ1v) is 6.19. The minimum atomic E-state index is -1.03. The summed E-state index contributed by atoms with van der Waals surface area (Å²) in [5, 5.41) is 18.5. The molecule has 0 unspecified atom stereocenters. The maximum atomic E-state index is 11.7. The second kappa shape index (κ2) is 7.47. The van der Waals surface area contributed by atoms with E-state index in [1.54, 1.807) is 0 Å². The number of amides is 1. The Labute approximate surface area is 111 Å². The fraction of sp³-hybridized carbons (Fsp3) is 0.636. The van der Waals surface area contributed by atoms with Crippen LogP contribution in [0.3, 0.4) is 0 Å². The van der Waals surface area contributed by atoms with Gasteiger partial charge >= 0.3 is 5.97 Å². The van der Waals surface area contributed by atoms with Gasteiger partial charge < -0.3 is 15.3 Å². The summed E-state index contributed by atoms with van der Waals surface area (Å²) in [6.07, 6.45) is 1.32. The molecule has 2 N–H and O–H groups in total. The van der Waals surface area contributed by atoms with Crippen LogP contribution in [0.2, 0.25) is 0 Å². The van der Waals surface area contributed by atoms with Crippen LogP contribution >= 0.6 is 0 Å². The van der Waals surface area contributed by atoms with Crippen LogP contribution in [0.25, 0.3) is 0 Å². The van der Waals surface area contributed by atoms with Crippen LogP contribution in [-0.4, -0.2) is 63.1 Å². The van der Waals surface area contributed by atoms with Gasteiger partial charge in [0.15, 0.2) is 5.69 Å². The Kier molecular flexibility index (Phi) is 5.94. The van der Waals surface area contributed by atoms with Crippen molar-refractivity contribution < 1.29 is 14.7 Å². The van der Waals surface area contributed by atoms with Gasteiger partial charge in [-0.1, -0.05) is 19.1 Å². The number of hydrogen-bond donors (Lipinski definition) is 2. The van der Waals surface area contributed by atoms with Gasteiger partial charge in [0.2, 0.25) is 0 Å². The van der Waals surface area contributed by atoms with E-state index in [1.807, 2.05) is 0 Å². The molecule has 0 aliphatic heterocycles. The third kappa shape index (κ3) is 5.04. The predicted octanol–water partition coefficient (Wildman–Crippen LogP) is -0.566. The van der Waals surface area contributed by atoms with E-state index in [0.717, 1.165) is 24.3 Å². The number of nitrogens with zero attached hydrogens (tertiary/aromatic N) is 4. The topological polar surface area (TPSA) is 100 Å². The molecule has 0 aromatic carbocycles. The van der Waals surface area contributed by atoms with Gasteiger partial charge in [0.1, 0.15) is 6.54 Å². The van der Waals surface area contributed by atoms with Crippen LogP contribution in [-0.2, 0) is 11.3 Å². The number of rotatable bonds is 8. The van der Waals surface area contributed by atoms with Crippen LogP contribution in [0.5, 0.6) is 0 Å². The van der Waals surface area contributed by atoms with Crippen molar-refractivity contribution in [3.05, 3.63) is 11.9 Å². The number of likely N-dealkylation sites (N-methyl/N-ethyl adjacent to an activating group) is 1. The highest BCUT2D eigenvalue weighted by atomic mass is 16.4. The maximum Gasteiger partial charge on any atom is 0.325 e. The zero-order valence-electron chi connectivity index (χ0n) is 11.2. The molecular weight excluding hydrogens is 250 g/mol. The Balaban J connectivity index is 2.41. The number of aliphatic carboxylic acids is 1. The highest BCUT2D eigenvalue weighted by molar-refractivity contribution is 5.91. The Hall–Kier alpha value is -1.96. The fourth-order valence-electron chi connectivity index (χ4n) is 1.58. The quantitative estimate of drug-likeness (QED) is 0.656. The first-order chi connectivity index (χ1) is 9.06. The largest absolute Gasteiger partial charge is 0.480 e. The molecule has 0 radical (unpaired) electrons.